The molecule has 17 heavy (non-hydrogen) atoms. The molecular formula is C9H3BrClFN2O3. The van der Waals surface area contributed by atoms with Gasteiger partial charge >= 0.3 is 17.8 Å². The largest absolute Gasteiger partial charge is 0.336 e. The topological polar surface area (TPSA) is 66.5 Å². The first kappa shape index (κ1) is 12.0. The lowest BCUT2D eigenvalue weighted by Crippen LogP contribution is -2.31. The SMILES string of the molecule is O=C1NC(=O)N(c2c(Cl)cc(F)cc2Br)C1=O. The summed E-state index contributed by atoms with van der Waals surface area (Å²) in [6.45, 7) is 0. The molecular weight excluding hydrogens is 318 g/mol. The van der Waals surface area contributed by atoms with E-state index in [-0.39, 0.29) is 15.2 Å². The molecule has 0 atom stereocenters. The lowest BCUT2D eigenvalue weighted by atomic mass is 10.3. The van der Waals surface area contributed by atoms with Crippen molar-refractivity contribution in [1.82, 2.24) is 5.32 Å². The predicted octanol–water partition coefficient (Wildman–Crippen LogP) is 1.82. The Kier molecular flexibility index (Phi) is 2.88. The number of amides is 4. The lowest BCUT2D eigenvalue weighted by molar-refractivity contribution is -0.134. The molecule has 1 N–H and O–H groups in total. The van der Waals surface area contributed by atoms with Crippen LogP contribution in [-0.4, -0.2) is 17.8 Å². The number of rotatable bonds is 1. The number of nitrogens with zero attached hydrogens (tertiary/aromatic N) is 1. The average Bonchev–Trinajstić information content (AvgIpc) is 2.43. The summed E-state index contributed by atoms with van der Waals surface area (Å²) in [7, 11) is 0. The molecule has 0 aromatic heterocycles. The highest BCUT2D eigenvalue weighted by Crippen LogP contribution is 2.36. The number of imide groups is 2. The average molecular weight is 321 g/mol. The molecule has 0 bridgehead atoms. The number of nitrogens with one attached hydrogen (secondary N) is 1. The molecule has 1 aliphatic rings. The third-order valence-electron chi connectivity index (χ3n) is 2.03. The molecule has 1 saturated heterocycles. The van der Waals surface area contributed by atoms with E-state index >= 15 is 0 Å². The lowest BCUT2D eigenvalue weighted by Gasteiger charge is -2.15. The minimum atomic E-state index is -1.07. The molecule has 1 aromatic rings. The Morgan fingerprint density at radius 2 is 1.94 bits per heavy atom. The highest BCUT2D eigenvalue weighted by atomic mass is 79.9. The number of carbonyl (C=O) groups excluding carboxylic acids is 3. The van der Waals surface area contributed by atoms with Crippen LogP contribution in [0.25, 0.3) is 0 Å². The van der Waals surface area contributed by atoms with Gasteiger partial charge in [0.15, 0.2) is 0 Å². The Balaban J connectivity index is 2.59. The van der Waals surface area contributed by atoms with Crippen LogP contribution >= 0.6 is 27.5 Å². The van der Waals surface area contributed by atoms with Gasteiger partial charge in [-0.15, -0.1) is 0 Å². The summed E-state index contributed by atoms with van der Waals surface area (Å²) in [6.07, 6.45) is 0. The van der Waals surface area contributed by atoms with Crippen molar-refractivity contribution in [3.05, 3.63) is 27.4 Å². The van der Waals surface area contributed by atoms with E-state index in [4.69, 9.17) is 11.6 Å². The Labute approximate surface area is 108 Å². The smallest absolute Gasteiger partial charge is 0.269 e. The first-order chi connectivity index (χ1) is 7.91. The minimum absolute atomic E-state index is 0.0681. The van der Waals surface area contributed by atoms with Crippen molar-refractivity contribution < 1.29 is 18.8 Å². The number of hydrogen-bond donors (Lipinski definition) is 1. The maximum atomic E-state index is 13.0. The van der Waals surface area contributed by atoms with Crippen molar-refractivity contribution in [1.29, 1.82) is 0 Å². The van der Waals surface area contributed by atoms with Crippen molar-refractivity contribution in [3.8, 4) is 0 Å². The van der Waals surface area contributed by atoms with Gasteiger partial charge in [0.25, 0.3) is 0 Å². The molecule has 88 valence electrons. The summed E-state index contributed by atoms with van der Waals surface area (Å²) in [6, 6.07) is 1.05. The summed E-state index contributed by atoms with van der Waals surface area (Å²) in [5, 5.41) is 1.65. The second-order valence-corrected chi connectivity index (χ2v) is 4.38. The Morgan fingerprint density at radius 1 is 1.29 bits per heavy atom. The molecule has 8 heteroatoms. The molecule has 0 spiro atoms. The van der Waals surface area contributed by atoms with Gasteiger partial charge in [-0.2, -0.15) is 0 Å². The molecule has 4 amide bonds. The number of benzene rings is 1. The van der Waals surface area contributed by atoms with Crippen molar-refractivity contribution in [2.75, 3.05) is 4.90 Å². The number of anilines is 1. The quantitative estimate of drug-likeness (QED) is 0.634. The van der Waals surface area contributed by atoms with E-state index < -0.39 is 23.7 Å². The molecule has 2 rings (SSSR count). The van der Waals surface area contributed by atoms with Gasteiger partial charge in [-0.1, -0.05) is 11.6 Å². The van der Waals surface area contributed by atoms with Crippen LogP contribution in [0.15, 0.2) is 16.6 Å². The molecule has 5 nitrogen and oxygen atoms in total. The fraction of sp³-hybridized carbons (Fsp3) is 0. The van der Waals surface area contributed by atoms with Gasteiger partial charge in [0.2, 0.25) is 0 Å². The van der Waals surface area contributed by atoms with Crippen LogP contribution in [0.5, 0.6) is 0 Å². The standard InChI is InChI=1S/C9H3BrClFN2O3/c10-4-1-3(12)2-5(11)6(4)14-8(16)7(15)13-9(14)17/h1-2H,(H,13,15,17). The number of halogens is 3. The van der Waals surface area contributed by atoms with Gasteiger partial charge < -0.3 is 0 Å². The van der Waals surface area contributed by atoms with Crippen molar-refractivity contribution in [2.45, 2.75) is 0 Å². The van der Waals surface area contributed by atoms with Crippen LogP contribution in [0.4, 0.5) is 14.9 Å². The zero-order chi connectivity index (χ0) is 12.7. The second kappa shape index (κ2) is 4.08. The molecule has 0 aliphatic carbocycles. The van der Waals surface area contributed by atoms with Gasteiger partial charge in [-0.3, -0.25) is 14.9 Å². The molecule has 0 radical (unpaired) electrons. The third-order valence-corrected chi connectivity index (χ3v) is 2.92. The van der Waals surface area contributed by atoms with Gasteiger partial charge in [-0.05, 0) is 28.1 Å². The highest BCUT2D eigenvalue weighted by molar-refractivity contribution is 9.10. The zero-order valence-corrected chi connectivity index (χ0v) is 10.3. The first-order valence-electron chi connectivity index (χ1n) is 4.25. The summed E-state index contributed by atoms with van der Waals surface area (Å²) in [5.74, 6) is -2.75. The van der Waals surface area contributed by atoms with Crippen molar-refractivity contribution >= 4 is 51.1 Å². The fourth-order valence-electron chi connectivity index (χ4n) is 1.35. The Hall–Kier alpha value is -1.47. The van der Waals surface area contributed by atoms with Gasteiger partial charge in [0, 0.05) is 4.47 Å². The minimum Gasteiger partial charge on any atom is -0.269 e. The molecule has 1 heterocycles. The number of hydrogen-bond acceptors (Lipinski definition) is 3. The summed E-state index contributed by atoms with van der Waals surface area (Å²) >= 11 is 8.71. The first-order valence-corrected chi connectivity index (χ1v) is 5.43. The Morgan fingerprint density at radius 3 is 2.41 bits per heavy atom. The summed E-state index contributed by atoms with van der Waals surface area (Å²) < 4.78 is 13.1. The molecule has 1 aliphatic heterocycles. The van der Waals surface area contributed by atoms with E-state index in [0.717, 1.165) is 12.1 Å². The highest BCUT2D eigenvalue weighted by Gasteiger charge is 2.40. The molecule has 1 fully saturated rings. The van der Waals surface area contributed by atoms with Crippen LogP contribution < -0.4 is 10.2 Å². The molecule has 1 aromatic carbocycles. The van der Waals surface area contributed by atoms with Crippen LogP contribution in [-0.2, 0) is 9.59 Å². The second-order valence-electron chi connectivity index (χ2n) is 3.12. The van der Waals surface area contributed by atoms with Gasteiger partial charge in [0.1, 0.15) is 5.82 Å². The van der Waals surface area contributed by atoms with E-state index in [1.807, 2.05) is 5.32 Å². The zero-order valence-electron chi connectivity index (χ0n) is 7.96. The van der Waals surface area contributed by atoms with Gasteiger partial charge in [-0.25, -0.2) is 14.1 Å². The Bertz CT molecular complexity index is 540. The summed E-state index contributed by atoms with van der Waals surface area (Å²) in [5.41, 5.74) is -0.0681. The van der Waals surface area contributed by atoms with E-state index in [9.17, 15) is 18.8 Å². The molecule has 0 saturated carbocycles. The van der Waals surface area contributed by atoms with E-state index in [0.29, 0.717) is 4.90 Å². The van der Waals surface area contributed by atoms with E-state index in [2.05, 4.69) is 15.9 Å². The predicted molar refractivity (Wildman–Crippen MR) is 60.1 cm³/mol. The molecule has 0 unspecified atom stereocenters. The van der Waals surface area contributed by atoms with Crippen molar-refractivity contribution in [3.63, 3.8) is 0 Å². The third kappa shape index (κ3) is 1.91. The normalized spacial score (nSPS) is 15.5. The van der Waals surface area contributed by atoms with Crippen LogP contribution in [0, 0.1) is 5.82 Å². The van der Waals surface area contributed by atoms with Crippen LogP contribution in [0.3, 0.4) is 0 Å². The fourth-order valence-corrected chi connectivity index (χ4v) is 2.37. The van der Waals surface area contributed by atoms with Crippen LogP contribution in [0.1, 0.15) is 0 Å². The maximum Gasteiger partial charge on any atom is 0.336 e. The number of urea groups is 1. The monoisotopic (exact) mass is 320 g/mol. The van der Waals surface area contributed by atoms with Crippen molar-refractivity contribution in [2.24, 2.45) is 0 Å². The maximum absolute atomic E-state index is 13.0. The van der Waals surface area contributed by atoms with Crippen LogP contribution in [0.2, 0.25) is 5.02 Å². The van der Waals surface area contributed by atoms with E-state index in [1.165, 1.54) is 0 Å². The summed E-state index contributed by atoms with van der Waals surface area (Å²) in [4.78, 5) is 34.4. The van der Waals surface area contributed by atoms with E-state index in [1.54, 1.807) is 0 Å². The van der Waals surface area contributed by atoms with Gasteiger partial charge in [0.05, 0.1) is 10.7 Å². The number of carbonyl (C=O) groups is 3.